The van der Waals surface area contributed by atoms with E-state index in [1.165, 1.54) is 0 Å². The van der Waals surface area contributed by atoms with Crippen molar-refractivity contribution in [1.29, 1.82) is 0 Å². The maximum atomic E-state index is 12.3. The van der Waals surface area contributed by atoms with Gasteiger partial charge in [0, 0.05) is 25.8 Å². The van der Waals surface area contributed by atoms with Gasteiger partial charge in [-0.2, -0.15) is 0 Å². The number of hydrogen-bond acceptors (Lipinski definition) is 4. The fourth-order valence-corrected chi connectivity index (χ4v) is 4.27. The molecule has 0 saturated carbocycles. The van der Waals surface area contributed by atoms with E-state index >= 15 is 0 Å². The van der Waals surface area contributed by atoms with Gasteiger partial charge in [0.1, 0.15) is 0 Å². The molecule has 0 bridgehead atoms. The summed E-state index contributed by atoms with van der Waals surface area (Å²) in [7, 11) is -3.36. The minimum absolute atomic E-state index is 0.0199. The number of hydrogen-bond donors (Lipinski definition) is 2. The number of sulfonamides is 1. The van der Waals surface area contributed by atoms with E-state index in [4.69, 9.17) is 10.5 Å². The molecule has 118 valence electrons. The van der Waals surface area contributed by atoms with Crippen LogP contribution in [0.3, 0.4) is 0 Å². The molecule has 1 heterocycles. The van der Waals surface area contributed by atoms with Gasteiger partial charge in [-0.25, -0.2) is 13.1 Å². The van der Waals surface area contributed by atoms with Crippen LogP contribution in [0.4, 0.5) is 0 Å². The van der Waals surface area contributed by atoms with Crippen LogP contribution in [0.25, 0.3) is 0 Å². The summed E-state index contributed by atoms with van der Waals surface area (Å²) in [6.45, 7) is 3.71. The van der Waals surface area contributed by atoms with Gasteiger partial charge in [-0.05, 0) is 36.8 Å². The maximum Gasteiger partial charge on any atom is 0.216 e. The van der Waals surface area contributed by atoms with Crippen LogP contribution in [0.2, 0.25) is 0 Å². The predicted octanol–water partition coefficient (Wildman–Crippen LogP) is 1.38. The number of ether oxygens (including phenoxy) is 1. The Bertz CT molecular complexity index is 554. The molecule has 1 aliphatic heterocycles. The van der Waals surface area contributed by atoms with Gasteiger partial charge in [-0.1, -0.05) is 24.3 Å². The second-order valence-corrected chi connectivity index (χ2v) is 7.34. The predicted molar refractivity (Wildman–Crippen MR) is 83.1 cm³/mol. The Morgan fingerprint density at radius 2 is 1.90 bits per heavy atom. The zero-order valence-electron chi connectivity index (χ0n) is 12.4. The molecule has 1 saturated heterocycles. The highest BCUT2D eigenvalue weighted by molar-refractivity contribution is 7.88. The van der Waals surface area contributed by atoms with Crippen LogP contribution >= 0.6 is 0 Å². The lowest BCUT2D eigenvalue weighted by Crippen LogP contribution is -2.40. The van der Waals surface area contributed by atoms with Gasteiger partial charge in [0.2, 0.25) is 10.0 Å². The van der Waals surface area contributed by atoms with E-state index in [2.05, 4.69) is 4.72 Å². The van der Waals surface area contributed by atoms with Crippen LogP contribution < -0.4 is 10.5 Å². The molecule has 21 heavy (non-hydrogen) atoms. The third-order valence-corrected chi connectivity index (χ3v) is 5.44. The van der Waals surface area contributed by atoms with E-state index in [0.717, 1.165) is 24.0 Å². The summed E-state index contributed by atoms with van der Waals surface area (Å²) >= 11 is 0. The maximum absolute atomic E-state index is 12.3. The van der Waals surface area contributed by atoms with Gasteiger partial charge in [-0.15, -0.1) is 0 Å². The van der Waals surface area contributed by atoms with Crippen molar-refractivity contribution in [2.45, 2.75) is 38.1 Å². The first-order chi connectivity index (χ1) is 10.0. The molecular weight excluding hydrogens is 288 g/mol. The molecule has 2 rings (SSSR count). The molecular formula is C15H24N2O3S. The van der Waals surface area contributed by atoms with Crippen LogP contribution in [0.5, 0.6) is 0 Å². The summed E-state index contributed by atoms with van der Waals surface area (Å²) in [5, 5.41) is 0. The summed E-state index contributed by atoms with van der Waals surface area (Å²) in [4.78, 5) is 0. The molecule has 1 unspecified atom stereocenters. The van der Waals surface area contributed by atoms with E-state index in [1.54, 1.807) is 0 Å². The second-order valence-electron chi connectivity index (χ2n) is 5.59. The molecule has 0 amide bonds. The largest absolute Gasteiger partial charge is 0.381 e. The highest BCUT2D eigenvalue weighted by atomic mass is 32.2. The topological polar surface area (TPSA) is 81.4 Å². The Labute approximate surface area is 126 Å². The Morgan fingerprint density at radius 3 is 2.52 bits per heavy atom. The SMILES string of the molecule is CC(NS(=O)(=O)Cc1ccccc1CN)C1CCOCC1. The molecule has 1 atom stereocenters. The first-order valence-electron chi connectivity index (χ1n) is 7.36. The van der Waals surface area contributed by atoms with Crippen LogP contribution in [0.1, 0.15) is 30.9 Å². The molecule has 0 aliphatic carbocycles. The van der Waals surface area contributed by atoms with Gasteiger partial charge in [0.05, 0.1) is 5.75 Å². The molecule has 0 spiro atoms. The van der Waals surface area contributed by atoms with E-state index in [-0.39, 0.29) is 11.8 Å². The van der Waals surface area contributed by atoms with Crippen LogP contribution in [0.15, 0.2) is 24.3 Å². The Balaban J connectivity index is 2.01. The average molecular weight is 312 g/mol. The van der Waals surface area contributed by atoms with Crippen molar-refractivity contribution in [3.8, 4) is 0 Å². The minimum Gasteiger partial charge on any atom is -0.381 e. The van der Waals surface area contributed by atoms with Crippen LogP contribution in [0, 0.1) is 5.92 Å². The lowest BCUT2D eigenvalue weighted by atomic mass is 9.94. The van der Waals surface area contributed by atoms with Crippen molar-refractivity contribution in [3.05, 3.63) is 35.4 Å². The number of nitrogens with two attached hydrogens (primary N) is 1. The van der Waals surface area contributed by atoms with Crippen molar-refractivity contribution in [3.63, 3.8) is 0 Å². The second kappa shape index (κ2) is 7.35. The zero-order valence-corrected chi connectivity index (χ0v) is 13.2. The average Bonchev–Trinajstić information content (AvgIpc) is 2.47. The Morgan fingerprint density at radius 1 is 1.29 bits per heavy atom. The van der Waals surface area contributed by atoms with Gasteiger partial charge < -0.3 is 10.5 Å². The molecule has 1 fully saturated rings. The van der Waals surface area contributed by atoms with Crippen molar-refractivity contribution in [2.75, 3.05) is 13.2 Å². The standard InChI is InChI=1S/C15H24N2O3S/c1-12(13-6-8-20-9-7-13)17-21(18,19)11-15-5-3-2-4-14(15)10-16/h2-5,12-13,17H,6-11,16H2,1H3. The van der Waals surface area contributed by atoms with Gasteiger partial charge in [0.15, 0.2) is 0 Å². The Hall–Kier alpha value is -0.950. The van der Waals surface area contributed by atoms with E-state index < -0.39 is 10.0 Å². The van der Waals surface area contributed by atoms with Crippen molar-refractivity contribution in [2.24, 2.45) is 11.7 Å². The van der Waals surface area contributed by atoms with Gasteiger partial charge >= 0.3 is 0 Å². The first kappa shape index (κ1) is 16.4. The molecule has 1 aromatic carbocycles. The normalized spacial score (nSPS) is 18.6. The van der Waals surface area contributed by atoms with Crippen LogP contribution in [-0.4, -0.2) is 27.7 Å². The third kappa shape index (κ3) is 4.78. The van der Waals surface area contributed by atoms with E-state index in [9.17, 15) is 8.42 Å². The molecule has 0 aromatic heterocycles. The molecule has 6 heteroatoms. The number of benzene rings is 1. The Kier molecular flexibility index (Phi) is 5.75. The highest BCUT2D eigenvalue weighted by Gasteiger charge is 2.24. The minimum atomic E-state index is -3.36. The summed E-state index contributed by atoms with van der Waals surface area (Å²) in [6, 6.07) is 7.33. The first-order valence-corrected chi connectivity index (χ1v) is 9.01. The summed E-state index contributed by atoms with van der Waals surface area (Å²) in [5.74, 6) is 0.326. The molecule has 3 N–H and O–H groups in total. The highest BCUT2D eigenvalue weighted by Crippen LogP contribution is 2.20. The number of nitrogens with one attached hydrogen (secondary N) is 1. The fourth-order valence-electron chi connectivity index (χ4n) is 2.74. The molecule has 5 nitrogen and oxygen atoms in total. The van der Waals surface area contributed by atoms with Gasteiger partial charge in [0.25, 0.3) is 0 Å². The smallest absolute Gasteiger partial charge is 0.216 e. The molecule has 0 radical (unpaired) electrons. The molecule has 1 aromatic rings. The lowest BCUT2D eigenvalue weighted by molar-refractivity contribution is 0.0585. The van der Waals surface area contributed by atoms with Gasteiger partial charge in [-0.3, -0.25) is 0 Å². The molecule has 1 aliphatic rings. The quantitative estimate of drug-likeness (QED) is 0.831. The zero-order chi connectivity index (χ0) is 15.3. The fraction of sp³-hybridized carbons (Fsp3) is 0.600. The summed E-state index contributed by atoms with van der Waals surface area (Å²) < 4.78 is 32.8. The van der Waals surface area contributed by atoms with E-state index in [0.29, 0.717) is 25.7 Å². The lowest BCUT2D eigenvalue weighted by Gasteiger charge is -2.28. The van der Waals surface area contributed by atoms with Crippen molar-refractivity contribution >= 4 is 10.0 Å². The summed E-state index contributed by atoms with van der Waals surface area (Å²) in [6.07, 6.45) is 1.81. The van der Waals surface area contributed by atoms with Crippen molar-refractivity contribution in [1.82, 2.24) is 4.72 Å². The van der Waals surface area contributed by atoms with Crippen LogP contribution in [-0.2, 0) is 27.1 Å². The number of rotatable bonds is 6. The van der Waals surface area contributed by atoms with E-state index in [1.807, 2.05) is 31.2 Å². The summed E-state index contributed by atoms with van der Waals surface area (Å²) in [5.41, 5.74) is 7.31. The monoisotopic (exact) mass is 312 g/mol. The van der Waals surface area contributed by atoms with Crippen molar-refractivity contribution < 1.29 is 13.2 Å². The third-order valence-electron chi connectivity index (χ3n) is 4.02.